The van der Waals surface area contributed by atoms with Crippen molar-refractivity contribution in [1.29, 1.82) is 0 Å². The van der Waals surface area contributed by atoms with Gasteiger partial charge in [-0.15, -0.1) is 0 Å². The summed E-state index contributed by atoms with van der Waals surface area (Å²) in [4.78, 5) is 14.5. The second-order valence-corrected chi connectivity index (χ2v) is 5.98. The fraction of sp³-hybridized carbons (Fsp3) is 0.278. The van der Waals surface area contributed by atoms with Gasteiger partial charge in [-0.1, -0.05) is 35.9 Å². The van der Waals surface area contributed by atoms with Crippen molar-refractivity contribution >= 4 is 5.91 Å². The molecular weight excluding hydrogens is 262 g/mol. The van der Waals surface area contributed by atoms with Gasteiger partial charge in [0.25, 0.3) is 0 Å². The molecule has 3 heteroatoms. The van der Waals surface area contributed by atoms with Gasteiger partial charge >= 0.3 is 0 Å². The van der Waals surface area contributed by atoms with Crippen LogP contribution in [0.5, 0.6) is 11.5 Å². The highest BCUT2D eigenvalue weighted by Gasteiger charge is 2.44. The quantitative estimate of drug-likeness (QED) is 0.739. The topological polar surface area (TPSA) is 29.5 Å². The third-order valence-electron chi connectivity index (χ3n) is 4.55. The number of para-hydroxylation sites is 1. The summed E-state index contributed by atoms with van der Waals surface area (Å²) < 4.78 is 6.11. The molecule has 2 heterocycles. The van der Waals surface area contributed by atoms with Gasteiger partial charge in [0, 0.05) is 30.6 Å². The van der Waals surface area contributed by atoms with Crippen LogP contribution in [-0.2, 0) is 4.79 Å². The number of hydrogen-bond acceptors (Lipinski definition) is 2. The number of carbonyl (C=O) groups is 1. The lowest BCUT2D eigenvalue weighted by atomic mass is 9.83. The van der Waals surface area contributed by atoms with E-state index in [0.717, 1.165) is 29.2 Å². The zero-order chi connectivity index (χ0) is 14.6. The Hall–Kier alpha value is -2.29. The molecule has 2 atom stereocenters. The van der Waals surface area contributed by atoms with Gasteiger partial charge in [-0.05, 0) is 19.1 Å². The zero-order valence-corrected chi connectivity index (χ0v) is 12.2. The third kappa shape index (κ3) is 1.77. The van der Waals surface area contributed by atoms with E-state index in [1.807, 2.05) is 42.3 Å². The van der Waals surface area contributed by atoms with Crippen molar-refractivity contribution in [3.8, 4) is 11.5 Å². The van der Waals surface area contributed by atoms with E-state index in [4.69, 9.17) is 4.74 Å². The van der Waals surface area contributed by atoms with Crippen molar-refractivity contribution in [2.45, 2.75) is 18.8 Å². The maximum absolute atomic E-state index is 12.6. The average molecular weight is 279 g/mol. The predicted octanol–water partition coefficient (Wildman–Crippen LogP) is 3.44. The summed E-state index contributed by atoms with van der Waals surface area (Å²) in [6.45, 7) is 2.82. The Kier molecular flexibility index (Phi) is 2.58. The summed E-state index contributed by atoms with van der Waals surface area (Å²) in [7, 11) is 1.88. The highest BCUT2D eigenvalue weighted by molar-refractivity contribution is 5.88. The maximum atomic E-state index is 12.6. The molecule has 21 heavy (non-hydrogen) atoms. The first kappa shape index (κ1) is 12.5. The minimum Gasteiger partial charge on any atom is -0.457 e. The minimum atomic E-state index is -0.130. The molecule has 2 aliphatic rings. The van der Waals surface area contributed by atoms with E-state index < -0.39 is 0 Å². The van der Waals surface area contributed by atoms with Gasteiger partial charge < -0.3 is 9.64 Å². The van der Waals surface area contributed by atoms with Crippen LogP contribution in [0, 0.1) is 6.92 Å². The Balaban J connectivity index is 1.98. The second kappa shape index (κ2) is 4.35. The van der Waals surface area contributed by atoms with Crippen LogP contribution in [0.3, 0.4) is 0 Å². The van der Waals surface area contributed by atoms with E-state index in [-0.39, 0.29) is 17.7 Å². The first-order valence-corrected chi connectivity index (χ1v) is 7.27. The molecule has 2 aliphatic heterocycles. The highest BCUT2D eigenvalue weighted by atomic mass is 16.5. The number of carbonyl (C=O) groups excluding carboxylic acids is 1. The fourth-order valence-corrected chi connectivity index (χ4v) is 3.53. The number of amides is 1. The lowest BCUT2D eigenvalue weighted by molar-refractivity contribution is -0.127. The molecule has 0 N–H and O–H groups in total. The Morgan fingerprint density at radius 2 is 1.86 bits per heavy atom. The summed E-state index contributed by atoms with van der Waals surface area (Å²) in [6, 6.07) is 14.1. The molecule has 0 bridgehead atoms. The van der Waals surface area contributed by atoms with Gasteiger partial charge in [0.2, 0.25) is 5.91 Å². The Morgan fingerprint density at radius 3 is 2.71 bits per heavy atom. The van der Waals surface area contributed by atoms with Crippen LogP contribution < -0.4 is 4.74 Å². The van der Waals surface area contributed by atoms with Crippen LogP contribution in [0.2, 0.25) is 0 Å². The number of aryl methyl sites for hydroxylation is 1. The molecule has 0 radical (unpaired) electrons. The predicted molar refractivity (Wildman–Crippen MR) is 80.8 cm³/mol. The van der Waals surface area contributed by atoms with Gasteiger partial charge in [-0.2, -0.15) is 0 Å². The van der Waals surface area contributed by atoms with Gasteiger partial charge in [0.05, 0.1) is 5.92 Å². The van der Waals surface area contributed by atoms with Crippen LogP contribution in [0.15, 0.2) is 42.5 Å². The summed E-state index contributed by atoms with van der Waals surface area (Å²) >= 11 is 0. The fourth-order valence-electron chi connectivity index (χ4n) is 3.53. The summed E-state index contributed by atoms with van der Waals surface area (Å²) in [6.07, 6.45) is 0. The van der Waals surface area contributed by atoms with E-state index in [2.05, 4.69) is 19.1 Å². The number of fused-ring (bicyclic) bond motifs is 5. The van der Waals surface area contributed by atoms with E-state index >= 15 is 0 Å². The normalized spacial score (nSPS) is 23.0. The van der Waals surface area contributed by atoms with E-state index in [1.165, 1.54) is 5.56 Å². The molecule has 4 rings (SSSR count). The third-order valence-corrected chi connectivity index (χ3v) is 4.55. The van der Waals surface area contributed by atoms with Gasteiger partial charge in [0.15, 0.2) is 0 Å². The number of hydrogen-bond donors (Lipinski definition) is 0. The summed E-state index contributed by atoms with van der Waals surface area (Å²) in [5, 5.41) is 0. The number of ether oxygens (including phenoxy) is 1. The maximum Gasteiger partial charge on any atom is 0.230 e. The van der Waals surface area contributed by atoms with Crippen LogP contribution in [0.4, 0.5) is 0 Å². The molecule has 0 spiro atoms. The molecule has 0 aliphatic carbocycles. The van der Waals surface area contributed by atoms with Gasteiger partial charge in [-0.3, -0.25) is 4.79 Å². The molecule has 3 nitrogen and oxygen atoms in total. The van der Waals surface area contributed by atoms with Crippen LogP contribution in [0.1, 0.15) is 28.5 Å². The smallest absolute Gasteiger partial charge is 0.230 e. The lowest BCUT2D eigenvalue weighted by Crippen LogP contribution is -2.21. The Bertz CT molecular complexity index is 738. The number of nitrogens with zero attached hydrogens (tertiary/aromatic N) is 1. The van der Waals surface area contributed by atoms with Crippen molar-refractivity contribution in [3.63, 3.8) is 0 Å². The minimum absolute atomic E-state index is 0.130. The van der Waals surface area contributed by atoms with Gasteiger partial charge in [0.1, 0.15) is 11.5 Å². The molecule has 0 aromatic heterocycles. The summed E-state index contributed by atoms with van der Waals surface area (Å²) in [5.74, 6) is 1.91. The number of rotatable bonds is 0. The molecule has 2 aromatic rings. The molecule has 106 valence electrons. The second-order valence-electron chi connectivity index (χ2n) is 5.98. The van der Waals surface area contributed by atoms with Crippen molar-refractivity contribution in [2.75, 3.05) is 13.6 Å². The first-order valence-electron chi connectivity index (χ1n) is 7.27. The SMILES string of the molecule is Cc1ccc2c(c1)[C@H]1CN(C)C(=O)C1c1ccccc1O2. The number of likely N-dealkylation sites (N-methyl/N-ethyl adjacent to an activating group) is 1. The molecule has 1 fully saturated rings. The first-order chi connectivity index (χ1) is 10.1. The molecular formula is C18H17NO2. The highest BCUT2D eigenvalue weighted by Crippen LogP contribution is 2.49. The van der Waals surface area contributed by atoms with Crippen LogP contribution in [0.25, 0.3) is 0 Å². The molecule has 1 saturated heterocycles. The largest absolute Gasteiger partial charge is 0.457 e. The summed E-state index contributed by atoms with van der Waals surface area (Å²) in [5.41, 5.74) is 3.35. The standard InChI is InChI=1S/C18H17NO2/c1-11-7-8-16-13(9-11)14-10-19(2)18(20)17(14)12-5-3-4-6-15(12)21-16/h3-9,14,17H,10H2,1-2H3/t14-,17?/m1/s1. The van der Waals surface area contributed by atoms with Crippen LogP contribution in [-0.4, -0.2) is 24.4 Å². The number of benzene rings is 2. The van der Waals surface area contributed by atoms with E-state index in [9.17, 15) is 4.79 Å². The average Bonchev–Trinajstić information content (AvgIpc) is 2.70. The Morgan fingerprint density at radius 1 is 1.10 bits per heavy atom. The van der Waals surface area contributed by atoms with Crippen molar-refractivity contribution < 1.29 is 9.53 Å². The molecule has 0 saturated carbocycles. The van der Waals surface area contributed by atoms with Crippen LogP contribution >= 0.6 is 0 Å². The van der Waals surface area contributed by atoms with E-state index in [1.54, 1.807) is 0 Å². The van der Waals surface area contributed by atoms with Crippen molar-refractivity contribution in [1.82, 2.24) is 4.90 Å². The lowest BCUT2D eigenvalue weighted by Gasteiger charge is -2.15. The molecule has 1 amide bonds. The van der Waals surface area contributed by atoms with E-state index in [0.29, 0.717) is 0 Å². The number of likely N-dealkylation sites (tertiary alicyclic amines) is 1. The Labute approximate surface area is 124 Å². The van der Waals surface area contributed by atoms with Crippen molar-refractivity contribution in [2.24, 2.45) is 0 Å². The van der Waals surface area contributed by atoms with Crippen molar-refractivity contribution in [3.05, 3.63) is 59.2 Å². The molecule has 2 aromatic carbocycles. The van der Waals surface area contributed by atoms with Gasteiger partial charge in [-0.25, -0.2) is 0 Å². The zero-order valence-electron chi connectivity index (χ0n) is 12.2. The molecule has 1 unspecified atom stereocenters. The monoisotopic (exact) mass is 279 g/mol.